The first-order chi connectivity index (χ1) is 16.4. The van der Waals surface area contributed by atoms with Crippen molar-refractivity contribution in [1.29, 1.82) is 0 Å². The fourth-order valence-electron chi connectivity index (χ4n) is 4.52. The maximum absolute atomic E-state index is 13.2. The van der Waals surface area contributed by atoms with Crippen molar-refractivity contribution in [2.24, 2.45) is 0 Å². The molecule has 3 aromatic rings. The summed E-state index contributed by atoms with van der Waals surface area (Å²) in [6, 6.07) is 24.2. The van der Waals surface area contributed by atoms with Gasteiger partial charge < -0.3 is 9.71 Å². The standard InChI is InChI=1S/C27H23N2O4S/c1-3-27(4-2,19-10-6-5-7-11-19)20-14-16-21(17-15-20)33-34(31,32)25-18-24(29-28)26(30)23-13-9-8-12-22(23)25/h6-18H,3-4H2,1-2H3. The highest BCUT2D eigenvalue weighted by molar-refractivity contribution is 7.96. The van der Waals surface area contributed by atoms with E-state index in [2.05, 4.69) is 36.8 Å². The van der Waals surface area contributed by atoms with Crippen LogP contribution in [0.4, 0.5) is 0 Å². The summed E-state index contributed by atoms with van der Waals surface area (Å²) in [4.78, 5) is 15.1. The van der Waals surface area contributed by atoms with Gasteiger partial charge in [-0.2, -0.15) is 13.2 Å². The first kappa shape index (κ1) is 23.4. The molecular formula is C27H23N2O4S. The average Bonchev–Trinajstić information content (AvgIpc) is 2.87. The number of rotatable bonds is 7. The Labute approximate surface area is 199 Å². The summed E-state index contributed by atoms with van der Waals surface area (Å²) >= 11 is 0. The molecule has 0 unspecified atom stereocenters. The first-order valence-electron chi connectivity index (χ1n) is 11.0. The van der Waals surface area contributed by atoms with Crippen molar-refractivity contribution < 1.29 is 22.2 Å². The van der Waals surface area contributed by atoms with Crippen LogP contribution in [0.2, 0.25) is 0 Å². The summed E-state index contributed by atoms with van der Waals surface area (Å²) < 4.78 is 31.7. The van der Waals surface area contributed by atoms with Gasteiger partial charge in [0, 0.05) is 16.5 Å². The Morgan fingerprint density at radius 3 is 2.09 bits per heavy atom. The van der Waals surface area contributed by atoms with Gasteiger partial charge in [0.2, 0.25) is 0 Å². The number of allylic oxidation sites excluding steroid dienone is 1. The van der Waals surface area contributed by atoms with Crippen LogP contribution in [0.1, 0.15) is 53.7 Å². The van der Waals surface area contributed by atoms with E-state index in [0.29, 0.717) is 0 Å². The topological polar surface area (TPSA) is 96.8 Å². The van der Waals surface area contributed by atoms with E-state index >= 15 is 0 Å². The van der Waals surface area contributed by atoms with Crippen LogP contribution in [-0.4, -0.2) is 24.7 Å². The lowest BCUT2D eigenvalue weighted by atomic mass is 9.70. The molecule has 0 atom stereocenters. The molecule has 34 heavy (non-hydrogen) atoms. The normalized spacial score (nSPS) is 13.6. The minimum atomic E-state index is -4.32. The summed E-state index contributed by atoms with van der Waals surface area (Å²) in [6.45, 7) is 4.26. The number of ketones is 1. The lowest BCUT2D eigenvalue weighted by Crippen LogP contribution is -2.26. The van der Waals surface area contributed by atoms with Crippen LogP contribution >= 0.6 is 0 Å². The second-order valence-electron chi connectivity index (χ2n) is 8.01. The number of carbonyl (C=O) groups excluding carboxylic acids is 1. The summed E-state index contributed by atoms with van der Waals surface area (Å²) in [7, 11) is -4.32. The Hall–Kier alpha value is -3.80. The number of hydrogen-bond acceptors (Lipinski definition) is 4. The van der Waals surface area contributed by atoms with Gasteiger partial charge in [0.05, 0.1) is 6.08 Å². The van der Waals surface area contributed by atoms with Crippen LogP contribution in [0.25, 0.3) is 10.4 Å². The largest absolute Gasteiger partial charge is 0.379 e. The predicted molar refractivity (Wildman–Crippen MR) is 130 cm³/mol. The SMILES string of the molecule is CCC(CC)(c1cc[c]cc1)c1ccc(OS(=O)(=O)C2=CC(=[N+]=[N-])C(=O)c3ccccc32)cc1. The smallest absolute Gasteiger partial charge is 0.364 e. The molecule has 3 aromatic carbocycles. The molecule has 0 bridgehead atoms. The highest BCUT2D eigenvalue weighted by atomic mass is 32.2. The van der Waals surface area contributed by atoms with Crippen molar-refractivity contribution in [3.05, 3.63) is 113 Å². The van der Waals surface area contributed by atoms with Gasteiger partial charge in [-0.15, -0.1) is 0 Å². The van der Waals surface area contributed by atoms with Gasteiger partial charge in [0.15, 0.2) is 0 Å². The van der Waals surface area contributed by atoms with E-state index in [1.807, 2.05) is 24.3 Å². The molecule has 6 nitrogen and oxygen atoms in total. The molecule has 0 saturated carbocycles. The number of fused-ring (bicyclic) bond motifs is 1. The molecule has 0 N–H and O–H groups in total. The van der Waals surface area contributed by atoms with Crippen molar-refractivity contribution >= 4 is 26.5 Å². The van der Waals surface area contributed by atoms with Crippen LogP contribution in [-0.2, 0) is 15.5 Å². The van der Waals surface area contributed by atoms with E-state index < -0.39 is 15.9 Å². The van der Waals surface area contributed by atoms with Crippen LogP contribution in [0, 0.1) is 6.07 Å². The fourth-order valence-corrected chi connectivity index (χ4v) is 5.68. The van der Waals surface area contributed by atoms with Gasteiger partial charge in [-0.1, -0.05) is 74.5 Å². The van der Waals surface area contributed by atoms with E-state index in [-0.39, 0.29) is 32.9 Å². The Bertz CT molecular complexity index is 1410. The van der Waals surface area contributed by atoms with Gasteiger partial charge in [-0.05, 0) is 42.2 Å². The Morgan fingerprint density at radius 2 is 1.50 bits per heavy atom. The molecule has 1 radical (unpaired) electrons. The minimum Gasteiger partial charge on any atom is -0.379 e. The van der Waals surface area contributed by atoms with Gasteiger partial charge >= 0.3 is 15.8 Å². The molecule has 4 rings (SSSR count). The molecule has 1 aliphatic carbocycles. The predicted octanol–water partition coefficient (Wildman–Crippen LogP) is 5.21. The highest BCUT2D eigenvalue weighted by Gasteiger charge is 2.36. The summed E-state index contributed by atoms with van der Waals surface area (Å²) in [5.41, 5.74) is 11.2. The van der Waals surface area contributed by atoms with Gasteiger partial charge in [0.25, 0.3) is 5.78 Å². The number of nitrogens with zero attached hydrogens (tertiary/aromatic N) is 2. The zero-order valence-electron chi connectivity index (χ0n) is 18.9. The molecule has 0 aromatic heterocycles. The lowest BCUT2D eigenvalue weighted by molar-refractivity contribution is -0.00437. The number of Topliss-reactive ketones (excluding diaryl/α,β-unsaturated/α-hetero) is 1. The molecule has 171 valence electrons. The van der Waals surface area contributed by atoms with Crippen LogP contribution in [0.15, 0.2) is 78.9 Å². The third-order valence-corrected chi connectivity index (χ3v) is 7.69. The van der Waals surface area contributed by atoms with E-state index in [9.17, 15) is 18.7 Å². The lowest BCUT2D eigenvalue weighted by Gasteiger charge is -2.33. The Morgan fingerprint density at radius 1 is 0.912 bits per heavy atom. The maximum atomic E-state index is 13.2. The maximum Gasteiger partial charge on any atom is 0.364 e. The third kappa shape index (κ3) is 4.00. The van der Waals surface area contributed by atoms with Crippen molar-refractivity contribution in [3.63, 3.8) is 0 Å². The van der Waals surface area contributed by atoms with Gasteiger partial charge in [0.1, 0.15) is 10.7 Å². The average molecular weight is 472 g/mol. The molecule has 0 spiro atoms. The molecule has 0 fully saturated rings. The van der Waals surface area contributed by atoms with Gasteiger partial charge in [-0.25, -0.2) is 0 Å². The quantitative estimate of drug-likeness (QED) is 0.268. The number of carbonyl (C=O) groups is 1. The van der Waals surface area contributed by atoms with Crippen LogP contribution in [0.5, 0.6) is 5.75 Å². The molecule has 0 aliphatic heterocycles. The molecule has 0 heterocycles. The first-order valence-corrected chi connectivity index (χ1v) is 12.4. The Balaban J connectivity index is 1.69. The van der Waals surface area contributed by atoms with E-state index in [1.165, 1.54) is 17.7 Å². The zero-order valence-corrected chi connectivity index (χ0v) is 19.7. The zero-order chi connectivity index (χ0) is 24.3. The van der Waals surface area contributed by atoms with E-state index in [0.717, 1.165) is 24.5 Å². The van der Waals surface area contributed by atoms with Gasteiger partial charge in [-0.3, -0.25) is 4.79 Å². The third-order valence-electron chi connectivity index (χ3n) is 6.41. The summed E-state index contributed by atoms with van der Waals surface area (Å²) in [5, 5.41) is 0. The molecule has 0 amide bonds. The molecule has 0 saturated heterocycles. The second-order valence-corrected chi connectivity index (χ2v) is 9.52. The van der Waals surface area contributed by atoms with E-state index in [1.54, 1.807) is 24.3 Å². The van der Waals surface area contributed by atoms with Crippen molar-refractivity contribution in [3.8, 4) is 5.75 Å². The molecule has 7 heteroatoms. The summed E-state index contributed by atoms with van der Waals surface area (Å²) in [5.74, 6) is -0.417. The monoisotopic (exact) mass is 471 g/mol. The summed E-state index contributed by atoms with van der Waals surface area (Å²) in [6.07, 6.45) is 2.76. The minimum absolute atomic E-state index is 0.131. The van der Waals surface area contributed by atoms with Crippen LogP contribution < -0.4 is 4.18 Å². The van der Waals surface area contributed by atoms with Crippen molar-refractivity contribution in [2.45, 2.75) is 32.1 Å². The number of hydrogen-bond donors (Lipinski definition) is 0. The van der Waals surface area contributed by atoms with Crippen LogP contribution in [0.3, 0.4) is 0 Å². The highest BCUT2D eigenvalue weighted by Crippen LogP contribution is 2.39. The van der Waals surface area contributed by atoms with E-state index in [4.69, 9.17) is 4.18 Å². The fraction of sp³-hybridized carbons (Fsp3) is 0.185. The Kier molecular flexibility index (Phi) is 6.33. The molecular weight excluding hydrogens is 448 g/mol. The van der Waals surface area contributed by atoms with Crippen molar-refractivity contribution in [2.75, 3.05) is 0 Å². The second kappa shape index (κ2) is 9.21. The number of benzene rings is 3. The van der Waals surface area contributed by atoms with Crippen molar-refractivity contribution in [1.82, 2.24) is 0 Å². The molecule has 1 aliphatic rings.